The maximum Gasteiger partial charge on any atom is 0.269 e. The number of aryl methyl sites for hydroxylation is 1. The van der Waals surface area contributed by atoms with Crippen LogP contribution in [0.5, 0.6) is 0 Å². The van der Waals surface area contributed by atoms with E-state index in [2.05, 4.69) is 28.9 Å². The molecule has 0 amide bonds. The molecule has 1 aromatic rings. The Morgan fingerprint density at radius 1 is 1.52 bits per heavy atom. The number of nitrogens with zero attached hydrogens (tertiary/aromatic N) is 4. The Morgan fingerprint density at radius 2 is 2.24 bits per heavy atom. The second-order valence-electron chi connectivity index (χ2n) is 5.46. The highest BCUT2D eigenvalue weighted by Gasteiger charge is 2.27. The van der Waals surface area contributed by atoms with Crippen LogP contribution in [-0.4, -0.2) is 59.4 Å². The van der Waals surface area contributed by atoms with Crippen molar-refractivity contribution in [2.75, 3.05) is 33.4 Å². The van der Waals surface area contributed by atoms with E-state index >= 15 is 0 Å². The molecule has 1 aliphatic heterocycles. The predicted molar refractivity (Wildman–Crippen MR) is 87.5 cm³/mol. The second kappa shape index (κ2) is 6.44. The van der Waals surface area contributed by atoms with Crippen molar-refractivity contribution in [1.29, 1.82) is 0 Å². The topological polar surface area (TPSA) is 62.0 Å². The highest BCUT2D eigenvalue weighted by atomic mass is 32.2. The van der Waals surface area contributed by atoms with Gasteiger partial charge in [-0.25, -0.2) is 4.99 Å². The third kappa shape index (κ3) is 3.74. The van der Waals surface area contributed by atoms with Gasteiger partial charge in [-0.15, -0.1) is 0 Å². The summed E-state index contributed by atoms with van der Waals surface area (Å²) in [4.78, 5) is 19.4. The molecule has 6 nitrogen and oxygen atoms in total. The van der Waals surface area contributed by atoms with Crippen LogP contribution in [-0.2, 0) is 0 Å². The van der Waals surface area contributed by atoms with Crippen molar-refractivity contribution in [3.8, 4) is 0 Å². The van der Waals surface area contributed by atoms with Crippen LogP contribution in [0.25, 0.3) is 0 Å². The number of rotatable bonds is 4. The van der Waals surface area contributed by atoms with E-state index in [-0.39, 0.29) is 10.6 Å². The lowest BCUT2D eigenvalue weighted by molar-refractivity contribution is -0.384. The quantitative estimate of drug-likeness (QED) is 0.632. The maximum absolute atomic E-state index is 10.8. The largest absolute Gasteiger partial charge is 0.349 e. The van der Waals surface area contributed by atoms with Crippen LogP contribution in [0, 0.1) is 17.0 Å². The number of amidine groups is 1. The number of likely N-dealkylation sites (N-methyl/N-ethyl adjacent to an activating group) is 2. The Kier molecular flexibility index (Phi) is 4.84. The van der Waals surface area contributed by atoms with Gasteiger partial charge in [-0.05, 0) is 32.6 Å². The van der Waals surface area contributed by atoms with Crippen LogP contribution >= 0.6 is 11.8 Å². The standard InChI is InChI=1S/C14H20N4O2S/c1-10-7-11(18(19)20)5-6-13(10)15-14-17(4)12(9-21-14)8-16(2)3/h5-7,12H,8-9H2,1-4H3. The average Bonchev–Trinajstić information content (AvgIpc) is 2.73. The summed E-state index contributed by atoms with van der Waals surface area (Å²) in [6.45, 7) is 2.84. The van der Waals surface area contributed by atoms with Gasteiger partial charge in [0.2, 0.25) is 0 Å². The van der Waals surface area contributed by atoms with Crippen molar-refractivity contribution in [3.63, 3.8) is 0 Å². The molecule has 1 fully saturated rings. The zero-order chi connectivity index (χ0) is 15.6. The Morgan fingerprint density at radius 3 is 2.81 bits per heavy atom. The second-order valence-corrected chi connectivity index (χ2v) is 6.45. The number of aliphatic imine (C=N–C) groups is 1. The van der Waals surface area contributed by atoms with Crippen molar-refractivity contribution in [2.24, 2.45) is 4.99 Å². The van der Waals surface area contributed by atoms with Crippen molar-refractivity contribution in [3.05, 3.63) is 33.9 Å². The molecule has 21 heavy (non-hydrogen) atoms. The molecule has 1 saturated heterocycles. The highest BCUT2D eigenvalue weighted by molar-refractivity contribution is 8.14. The van der Waals surface area contributed by atoms with Crippen molar-refractivity contribution in [2.45, 2.75) is 13.0 Å². The fourth-order valence-corrected chi connectivity index (χ4v) is 3.42. The molecule has 0 N–H and O–H groups in total. The third-order valence-electron chi connectivity index (χ3n) is 3.44. The van der Waals surface area contributed by atoms with Crippen LogP contribution in [0.4, 0.5) is 11.4 Å². The molecule has 114 valence electrons. The van der Waals surface area contributed by atoms with Gasteiger partial charge in [-0.3, -0.25) is 10.1 Å². The van der Waals surface area contributed by atoms with Crippen LogP contribution in [0.2, 0.25) is 0 Å². The van der Waals surface area contributed by atoms with Crippen molar-refractivity contribution in [1.82, 2.24) is 9.80 Å². The molecule has 1 aromatic carbocycles. The van der Waals surface area contributed by atoms with Crippen LogP contribution in [0.3, 0.4) is 0 Å². The SMILES string of the molecule is Cc1cc([N+](=O)[O-])ccc1N=C1SCC(CN(C)C)N1C. The number of non-ortho nitro benzene ring substituents is 1. The van der Waals surface area contributed by atoms with E-state index in [9.17, 15) is 10.1 Å². The summed E-state index contributed by atoms with van der Waals surface area (Å²) >= 11 is 1.73. The van der Waals surface area contributed by atoms with E-state index < -0.39 is 0 Å². The van der Waals surface area contributed by atoms with E-state index in [1.807, 2.05) is 14.0 Å². The number of hydrogen-bond donors (Lipinski definition) is 0. The first-order chi connectivity index (χ1) is 9.88. The van der Waals surface area contributed by atoms with Crippen LogP contribution < -0.4 is 0 Å². The van der Waals surface area contributed by atoms with Gasteiger partial charge in [-0.2, -0.15) is 0 Å². The lowest BCUT2D eigenvalue weighted by Gasteiger charge is -2.23. The lowest BCUT2D eigenvalue weighted by Crippen LogP contribution is -2.38. The van der Waals surface area contributed by atoms with E-state index in [0.29, 0.717) is 6.04 Å². The number of nitro benzene ring substituents is 1. The van der Waals surface area contributed by atoms with Gasteiger partial charge in [0.05, 0.1) is 16.7 Å². The van der Waals surface area contributed by atoms with E-state index in [0.717, 1.165) is 28.7 Å². The van der Waals surface area contributed by atoms with Gasteiger partial charge in [-0.1, -0.05) is 11.8 Å². The van der Waals surface area contributed by atoms with Crippen molar-refractivity contribution >= 4 is 28.3 Å². The monoisotopic (exact) mass is 308 g/mol. The maximum atomic E-state index is 10.8. The summed E-state index contributed by atoms with van der Waals surface area (Å²) < 4.78 is 0. The summed E-state index contributed by atoms with van der Waals surface area (Å²) in [5.41, 5.74) is 1.72. The van der Waals surface area contributed by atoms with Gasteiger partial charge < -0.3 is 9.80 Å². The van der Waals surface area contributed by atoms with Gasteiger partial charge in [0.15, 0.2) is 5.17 Å². The predicted octanol–water partition coefficient (Wildman–Crippen LogP) is 2.50. The first-order valence-corrected chi connectivity index (χ1v) is 7.71. The van der Waals surface area contributed by atoms with Crippen LogP contribution in [0.1, 0.15) is 5.56 Å². The molecule has 1 unspecified atom stereocenters. The van der Waals surface area contributed by atoms with E-state index in [1.165, 1.54) is 6.07 Å². The molecule has 0 bridgehead atoms. The summed E-state index contributed by atoms with van der Waals surface area (Å²) in [6.07, 6.45) is 0. The zero-order valence-corrected chi connectivity index (χ0v) is 13.6. The Bertz CT molecular complexity index is 574. The smallest absolute Gasteiger partial charge is 0.269 e. The first-order valence-electron chi connectivity index (χ1n) is 6.72. The van der Waals surface area contributed by atoms with Gasteiger partial charge in [0.25, 0.3) is 5.69 Å². The summed E-state index contributed by atoms with van der Waals surface area (Å²) in [5, 5.41) is 11.7. The minimum absolute atomic E-state index is 0.106. The molecule has 0 spiro atoms. The molecule has 1 heterocycles. The molecule has 0 saturated carbocycles. The average molecular weight is 308 g/mol. The highest BCUT2D eigenvalue weighted by Crippen LogP contribution is 2.29. The first kappa shape index (κ1) is 15.8. The number of hydrogen-bond acceptors (Lipinski definition) is 5. The fraction of sp³-hybridized carbons (Fsp3) is 0.500. The summed E-state index contributed by atoms with van der Waals surface area (Å²) in [6, 6.07) is 5.23. The Hall–Kier alpha value is -1.60. The number of nitro groups is 1. The number of thioether (sulfide) groups is 1. The van der Waals surface area contributed by atoms with E-state index in [4.69, 9.17) is 0 Å². The van der Waals surface area contributed by atoms with Gasteiger partial charge in [0, 0.05) is 31.5 Å². The lowest BCUT2D eigenvalue weighted by atomic mass is 10.2. The Labute approximate surface area is 129 Å². The summed E-state index contributed by atoms with van der Waals surface area (Å²) in [7, 11) is 6.18. The summed E-state index contributed by atoms with van der Waals surface area (Å²) in [5.74, 6) is 1.01. The minimum Gasteiger partial charge on any atom is -0.349 e. The molecule has 2 rings (SSSR count). The normalized spacial score (nSPS) is 20.5. The fourth-order valence-electron chi connectivity index (χ4n) is 2.23. The molecular weight excluding hydrogens is 288 g/mol. The van der Waals surface area contributed by atoms with Crippen LogP contribution in [0.15, 0.2) is 23.2 Å². The zero-order valence-electron chi connectivity index (χ0n) is 12.7. The molecule has 0 aromatic heterocycles. The Balaban J connectivity index is 2.19. The van der Waals surface area contributed by atoms with Crippen molar-refractivity contribution < 1.29 is 4.92 Å². The molecule has 7 heteroatoms. The van der Waals surface area contributed by atoms with Gasteiger partial charge >= 0.3 is 0 Å². The van der Waals surface area contributed by atoms with E-state index in [1.54, 1.807) is 23.9 Å². The minimum atomic E-state index is -0.381. The molecule has 0 radical (unpaired) electrons. The van der Waals surface area contributed by atoms with Gasteiger partial charge in [0.1, 0.15) is 0 Å². The third-order valence-corrected chi connectivity index (χ3v) is 4.63. The molecule has 1 aliphatic rings. The molecule has 0 aliphatic carbocycles. The number of benzene rings is 1. The molecular formula is C14H20N4O2S. The molecule has 1 atom stereocenters.